The summed E-state index contributed by atoms with van der Waals surface area (Å²) in [7, 11) is -3.60. The second-order valence-corrected chi connectivity index (χ2v) is 9.06. The van der Waals surface area contributed by atoms with Crippen molar-refractivity contribution in [1.82, 2.24) is 9.21 Å². The van der Waals surface area contributed by atoms with Crippen molar-refractivity contribution < 1.29 is 13.2 Å². The first-order valence-electron chi connectivity index (χ1n) is 9.44. The van der Waals surface area contributed by atoms with Crippen LogP contribution >= 0.6 is 0 Å². The Balaban J connectivity index is 1.95. The third kappa shape index (κ3) is 3.32. The van der Waals surface area contributed by atoms with Crippen molar-refractivity contribution in [2.24, 2.45) is 11.8 Å². The van der Waals surface area contributed by atoms with E-state index in [1.165, 1.54) is 0 Å². The van der Waals surface area contributed by atoms with E-state index in [9.17, 15) is 13.2 Å². The van der Waals surface area contributed by atoms with E-state index >= 15 is 0 Å². The van der Waals surface area contributed by atoms with E-state index in [-0.39, 0.29) is 17.9 Å². The Morgan fingerprint density at radius 1 is 1.19 bits per heavy atom. The van der Waals surface area contributed by atoms with Gasteiger partial charge in [0.05, 0.1) is 10.8 Å². The Morgan fingerprint density at radius 2 is 1.85 bits per heavy atom. The maximum Gasteiger partial charge on any atom is 0.243 e. The zero-order valence-corrected chi connectivity index (χ0v) is 16.6. The van der Waals surface area contributed by atoms with Crippen LogP contribution < -0.4 is 0 Å². The zero-order valence-electron chi connectivity index (χ0n) is 15.8. The average Bonchev–Trinajstić information content (AvgIpc) is 3.08. The molecular formula is C20H28N2O3S. The summed E-state index contributed by atoms with van der Waals surface area (Å²) >= 11 is 0. The van der Waals surface area contributed by atoms with E-state index < -0.39 is 15.9 Å². The van der Waals surface area contributed by atoms with E-state index in [2.05, 4.69) is 6.08 Å². The van der Waals surface area contributed by atoms with E-state index in [0.29, 0.717) is 24.5 Å². The van der Waals surface area contributed by atoms with Gasteiger partial charge in [-0.1, -0.05) is 29.8 Å². The number of rotatable bonds is 5. The molecular weight excluding hydrogens is 348 g/mol. The third-order valence-corrected chi connectivity index (χ3v) is 7.59. The number of hydrogen-bond acceptors (Lipinski definition) is 3. The van der Waals surface area contributed by atoms with Crippen molar-refractivity contribution in [3.63, 3.8) is 0 Å². The lowest BCUT2D eigenvalue weighted by atomic mass is 9.81. The standard InChI is InChI=1S/C20H28N2O3S/c1-4-21(5-2)20(23)18-8-6-7-16-13-14-22(19(16)18)26(24,25)17-11-9-15(3)10-12-17/h6,8-12,16,18-19H,4-5,7,13-14H2,1-3H3/t16-,18+,19+/m0/s1. The highest BCUT2D eigenvalue weighted by Gasteiger charge is 2.48. The molecule has 1 heterocycles. The smallest absolute Gasteiger partial charge is 0.243 e. The molecule has 1 aromatic rings. The predicted octanol–water partition coefficient (Wildman–Crippen LogP) is 2.82. The van der Waals surface area contributed by atoms with Gasteiger partial charge in [0.25, 0.3) is 0 Å². The molecule has 0 spiro atoms. The van der Waals surface area contributed by atoms with Crippen LogP contribution in [-0.4, -0.2) is 49.2 Å². The molecule has 1 amide bonds. The van der Waals surface area contributed by atoms with Crippen LogP contribution in [-0.2, 0) is 14.8 Å². The van der Waals surface area contributed by atoms with E-state index in [1.54, 1.807) is 21.3 Å². The van der Waals surface area contributed by atoms with Gasteiger partial charge in [0.15, 0.2) is 0 Å². The number of allylic oxidation sites excluding steroid dienone is 1. The summed E-state index contributed by atoms with van der Waals surface area (Å²) in [4.78, 5) is 15.1. The minimum absolute atomic E-state index is 0.0342. The Bertz CT molecular complexity index is 782. The van der Waals surface area contributed by atoms with Gasteiger partial charge in [0.1, 0.15) is 0 Å². The van der Waals surface area contributed by atoms with Crippen LogP contribution in [0.4, 0.5) is 0 Å². The lowest BCUT2D eigenvalue weighted by molar-refractivity contribution is -0.135. The highest BCUT2D eigenvalue weighted by atomic mass is 32.2. The monoisotopic (exact) mass is 376 g/mol. The van der Waals surface area contributed by atoms with Crippen molar-refractivity contribution in [3.8, 4) is 0 Å². The fourth-order valence-corrected chi connectivity index (χ4v) is 5.91. The Morgan fingerprint density at radius 3 is 2.46 bits per heavy atom. The Labute approximate surface area is 156 Å². The highest BCUT2D eigenvalue weighted by Crippen LogP contribution is 2.40. The minimum atomic E-state index is -3.60. The van der Waals surface area contributed by atoms with Gasteiger partial charge >= 0.3 is 0 Å². The molecule has 0 saturated carbocycles. The highest BCUT2D eigenvalue weighted by molar-refractivity contribution is 7.89. The Kier molecular flexibility index (Phi) is 5.53. The lowest BCUT2D eigenvalue weighted by Gasteiger charge is -2.36. The van der Waals surface area contributed by atoms with Crippen LogP contribution in [0.2, 0.25) is 0 Å². The molecule has 0 unspecified atom stereocenters. The van der Waals surface area contributed by atoms with E-state index in [1.807, 2.05) is 39.0 Å². The zero-order chi connectivity index (χ0) is 18.9. The second kappa shape index (κ2) is 7.53. The number of hydrogen-bond donors (Lipinski definition) is 0. The maximum atomic E-state index is 13.3. The number of carbonyl (C=O) groups excluding carboxylic acids is 1. The molecule has 1 aliphatic carbocycles. The van der Waals surface area contributed by atoms with Crippen LogP contribution in [0.1, 0.15) is 32.3 Å². The van der Waals surface area contributed by atoms with Gasteiger partial charge in [-0.05, 0) is 51.7 Å². The molecule has 142 valence electrons. The molecule has 26 heavy (non-hydrogen) atoms. The summed E-state index contributed by atoms with van der Waals surface area (Å²) in [5.41, 5.74) is 1.03. The molecule has 1 saturated heterocycles. The molecule has 0 aromatic heterocycles. The van der Waals surface area contributed by atoms with Gasteiger partial charge in [-0.2, -0.15) is 4.31 Å². The van der Waals surface area contributed by atoms with Crippen LogP contribution in [0.3, 0.4) is 0 Å². The molecule has 3 rings (SSSR count). The number of fused-ring (bicyclic) bond motifs is 1. The number of benzene rings is 1. The molecule has 1 fully saturated rings. The lowest BCUT2D eigenvalue weighted by Crippen LogP contribution is -2.49. The van der Waals surface area contributed by atoms with Gasteiger partial charge in [0.2, 0.25) is 15.9 Å². The fraction of sp³-hybridized carbons (Fsp3) is 0.550. The third-order valence-electron chi connectivity index (χ3n) is 5.67. The summed E-state index contributed by atoms with van der Waals surface area (Å²) in [5, 5.41) is 0. The Hall–Kier alpha value is -1.66. The minimum Gasteiger partial charge on any atom is -0.343 e. The van der Waals surface area contributed by atoms with Gasteiger partial charge < -0.3 is 4.90 Å². The second-order valence-electron chi connectivity index (χ2n) is 7.17. The van der Waals surface area contributed by atoms with Crippen molar-refractivity contribution in [3.05, 3.63) is 42.0 Å². The van der Waals surface area contributed by atoms with Gasteiger partial charge in [-0.3, -0.25) is 4.79 Å². The summed E-state index contributed by atoms with van der Waals surface area (Å²) in [5.74, 6) is -0.145. The molecule has 6 heteroatoms. The maximum absolute atomic E-state index is 13.3. The molecule has 2 aliphatic rings. The summed E-state index contributed by atoms with van der Waals surface area (Å²) in [6.45, 7) is 7.62. The molecule has 0 bridgehead atoms. The van der Waals surface area contributed by atoms with Crippen molar-refractivity contribution in [2.75, 3.05) is 19.6 Å². The molecule has 0 N–H and O–H groups in total. The summed E-state index contributed by atoms with van der Waals surface area (Å²) in [6, 6.07) is 6.69. The largest absolute Gasteiger partial charge is 0.343 e. The summed E-state index contributed by atoms with van der Waals surface area (Å²) in [6.07, 6.45) is 5.62. The van der Waals surface area contributed by atoms with Gasteiger partial charge in [-0.25, -0.2) is 8.42 Å². The average molecular weight is 377 g/mol. The quantitative estimate of drug-likeness (QED) is 0.743. The van der Waals surface area contributed by atoms with Crippen LogP contribution in [0.5, 0.6) is 0 Å². The van der Waals surface area contributed by atoms with E-state index in [4.69, 9.17) is 0 Å². The van der Waals surface area contributed by atoms with Crippen LogP contribution in [0, 0.1) is 18.8 Å². The fourth-order valence-electron chi connectivity index (χ4n) is 4.19. The van der Waals surface area contributed by atoms with Crippen LogP contribution in [0.15, 0.2) is 41.3 Å². The van der Waals surface area contributed by atoms with Gasteiger partial charge in [0, 0.05) is 25.7 Å². The van der Waals surface area contributed by atoms with E-state index in [0.717, 1.165) is 18.4 Å². The molecule has 1 aliphatic heterocycles. The first-order valence-corrected chi connectivity index (χ1v) is 10.9. The first kappa shape index (κ1) is 19.1. The van der Waals surface area contributed by atoms with Crippen LogP contribution in [0.25, 0.3) is 0 Å². The number of amides is 1. The summed E-state index contributed by atoms with van der Waals surface area (Å²) < 4.78 is 28.1. The first-order chi connectivity index (χ1) is 12.4. The number of nitrogens with zero attached hydrogens (tertiary/aromatic N) is 2. The van der Waals surface area contributed by atoms with Crippen molar-refractivity contribution in [1.29, 1.82) is 0 Å². The number of sulfonamides is 1. The number of aryl methyl sites for hydroxylation is 1. The number of carbonyl (C=O) groups is 1. The predicted molar refractivity (Wildman–Crippen MR) is 102 cm³/mol. The SMILES string of the molecule is CCN(CC)C(=O)[C@@H]1C=CC[C@H]2CCN(S(=O)(=O)c3ccc(C)cc3)[C@H]21. The molecule has 1 aromatic carbocycles. The molecule has 5 nitrogen and oxygen atoms in total. The topological polar surface area (TPSA) is 57.7 Å². The molecule has 3 atom stereocenters. The van der Waals surface area contributed by atoms with Crippen molar-refractivity contribution in [2.45, 2.75) is 44.6 Å². The van der Waals surface area contributed by atoms with Crippen molar-refractivity contribution >= 4 is 15.9 Å². The molecule has 0 radical (unpaired) electrons. The normalized spacial score (nSPS) is 25.9. The van der Waals surface area contributed by atoms with Gasteiger partial charge in [-0.15, -0.1) is 0 Å².